The second kappa shape index (κ2) is 10.4. The van der Waals surface area contributed by atoms with Crippen molar-refractivity contribution in [2.24, 2.45) is 5.73 Å². The third kappa shape index (κ3) is 6.52. The largest absolute Gasteiger partial charge is 0.348 e. The predicted molar refractivity (Wildman–Crippen MR) is 103 cm³/mol. The Bertz CT molecular complexity index is 648. The van der Waals surface area contributed by atoms with Crippen LogP contribution >= 0.6 is 35.5 Å². The average Bonchev–Trinajstić information content (AvgIpc) is 3.07. The first-order chi connectivity index (χ1) is 11.1. The molecule has 8 heteroatoms. The molecule has 2 aromatic rings. The number of thioether (sulfide) groups is 1. The fraction of sp³-hybridized carbons (Fsp3) is 0.250. The van der Waals surface area contributed by atoms with Gasteiger partial charge in [0.2, 0.25) is 5.91 Å². The number of nitrogens with two attached hydrogens (primary N) is 1. The maximum Gasteiger partial charge on any atom is 0.251 e. The smallest absolute Gasteiger partial charge is 0.251 e. The van der Waals surface area contributed by atoms with Crippen molar-refractivity contribution in [3.05, 3.63) is 47.3 Å². The molecule has 130 valence electrons. The van der Waals surface area contributed by atoms with Gasteiger partial charge in [-0.25, -0.2) is 0 Å². The standard InChI is InChI=1S/C16H19N3O2S2.ClH/c1-11(9-17)18-16(21)12-4-6-13(7-5-12)19-14(20)10-23-15-3-2-8-22-15;/h2-8,11H,9-10,17H2,1H3,(H,18,21)(H,19,20);1H/t11-;/m0./s1. The van der Waals surface area contributed by atoms with E-state index in [0.717, 1.165) is 4.21 Å². The summed E-state index contributed by atoms with van der Waals surface area (Å²) in [6, 6.07) is 10.7. The molecule has 0 bridgehead atoms. The van der Waals surface area contributed by atoms with Crippen LogP contribution < -0.4 is 16.4 Å². The Morgan fingerprint density at radius 1 is 1.25 bits per heavy atom. The molecular formula is C16H20ClN3O2S2. The lowest BCUT2D eigenvalue weighted by Gasteiger charge is -2.11. The van der Waals surface area contributed by atoms with Crippen molar-refractivity contribution in [3.8, 4) is 0 Å². The van der Waals surface area contributed by atoms with Crippen molar-refractivity contribution in [1.82, 2.24) is 5.32 Å². The van der Waals surface area contributed by atoms with Gasteiger partial charge < -0.3 is 16.4 Å². The summed E-state index contributed by atoms with van der Waals surface area (Å²) in [6.45, 7) is 2.24. The summed E-state index contributed by atoms with van der Waals surface area (Å²) in [7, 11) is 0. The molecule has 0 saturated carbocycles. The molecule has 5 nitrogen and oxygen atoms in total. The molecule has 0 saturated heterocycles. The van der Waals surface area contributed by atoms with Crippen LogP contribution in [-0.2, 0) is 4.79 Å². The number of halogens is 1. The van der Waals surface area contributed by atoms with Gasteiger partial charge in [0.1, 0.15) is 0 Å². The first-order valence-corrected chi connectivity index (χ1v) is 9.02. The van der Waals surface area contributed by atoms with Crippen molar-refractivity contribution < 1.29 is 9.59 Å². The Labute approximate surface area is 155 Å². The Hall–Kier alpha value is -1.54. The maximum absolute atomic E-state index is 11.9. The van der Waals surface area contributed by atoms with Crippen LogP contribution in [0.3, 0.4) is 0 Å². The molecule has 1 aromatic heterocycles. The predicted octanol–water partition coefficient (Wildman–Crippen LogP) is 2.98. The van der Waals surface area contributed by atoms with Crippen LogP contribution in [-0.4, -0.2) is 30.2 Å². The van der Waals surface area contributed by atoms with E-state index in [1.807, 2.05) is 24.4 Å². The second-order valence-corrected chi connectivity index (χ2v) is 7.18. The monoisotopic (exact) mass is 385 g/mol. The van der Waals surface area contributed by atoms with Crippen LogP contribution in [0.2, 0.25) is 0 Å². The lowest BCUT2D eigenvalue weighted by Crippen LogP contribution is -2.37. The van der Waals surface area contributed by atoms with E-state index in [0.29, 0.717) is 23.5 Å². The van der Waals surface area contributed by atoms with E-state index in [-0.39, 0.29) is 30.3 Å². The highest BCUT2D eigenvalue weighted by Crippen LogP contribution is 2.23. The molecule has 0 fully saturated rings. The third-order valence-electron chi connectivity index (χ3n) is 3.00. The highest BCUT2D eigenvalue weighted by atomic mass is 35.5. The first kappa shape index (κ1) is 20.5. The van der Waals surface area contributed by atoms with Gasteiger partial charge in [-0.1, -0.05) is 6.07 Å². The number of carbonyl (C=O) groups excluding carboxylic acids is 2. The molecule has 0 aliphatic heterocycles. The zero-order chi connectivity index (χ0) is 16.7. The molecule has 1 atom stereocenters. The topological polar surface area (TPSA) is 84.2 Å². The van der Waals surface area contributed by atoms with Gasteiger partial charge >= 0.3 is 0 Å². The van der Waals surface area contributed by atoms with Crippen LogP contribution in [0, 0.1) is 0 Å². The van der Waals surface area contributed by atoms with E-state index in [2.05, 4.69) is 10.6 Å². The molecule has 4 N–H and O–H groups in total. The van der Waals surface area contributed by atoms with Gasteiger partial charge in [0.05, 0.1) is 9.96 Å². The summed E-state index contributed by atoms with van der Waals surface area (Å²) in [6.07, 6.45) is 0. The molecule has 0 aliphatic rings. The lowest BCUT2D eigenvalue weighted by molar-refractivity contribution is -0.113. The number of amides is 2. The van der Waals surface area contributed by atoms with Crippen LogP contribution in [0.15, 0.2) is 46.0 Å². The minimum atomic E-state index is -0.172. The zero-order valence-corrected chi connectivity index (χ0v) is 15.6. The first-order valence-electron chi connectivity index (χ1n) is 7.15. The van der Waals surface area contributed by atoms with Gasteiger partial charge in [-0.05, 0) is 42.6 Å². The van der Waals surface area contributed by atoms with Crippen LogP contribution in [0.4, 0.5) is 5.69 Å². The lowest BCUT2D eigenvalue weighted by atomic mass is 10.2. The van der Waals surface area contributed by atoms with Gasteiger partial charge in [0, 0.05) is 23.8 Å². The molecule has 0 radical (unpaired) electrons. The number of hydrogen-bond donors (Lipinski definition) is 3. The van der Waals surface area contributed by atoms with E-state index < -0.39 is 0 Å². The van der Waals surface area contributed by atoms with E-state index in [9.17, 15) is 9.59 Å². The van der Waals surface area contributed by atoms with Gasteiger partial charge in [0.15, 0.2) is 0 Å². The van der Waals surface area contributed by atoms with Crippen LogP contribution in [0.25, 0.3) is 0 Å². The number of rotatable bonds is 7. The number of benzene rings is 1. The summed E-state index contributed by atoms with van der Waals surface area (Å²) in [4.78, 5) is 23.8. The van der Waals surface area contributed by atoms with Crippen molar-refractivity contribution >= 4 is 53.0 Å². The molecule has 2 amide bonds. The number of thiophene rings is 1. The number of nitrogens with one attached hydrogen (secondary N) is 2. The summed E-state index contributed by atoms with van der Waals surface area (Å²) >= 11 is 3.11. The Morgan fingerprint density at radius 2 is 1.96 bits per heavy atom. The number of anilines is 1. The Balaban J connectivity index is 0.00000288. The fourth-order valence-corrected chi connectivity index (χ4v) is 3.33. The highest BCUT2D eigenvalue weighted by molar-refractivity contribution is 8.01. The molecule has 0 spiro atoms. The molecule has 2 rings (SSSR count). The SMILES string of the molecule is C[C@@H](CN)NC(=O)c1ccc(NC(=O)CSc2cccs2)cc1.Cl. The van der Waals surface area contributed by atoms with E-state index >= 15 is 0 Å². The molecule has 0 aliphatic carbocycles. The van der Waals surface area contributed by atoms with Gasteiger partial charge in [-0.2, -0.15) is 0 Å². The summed E-state index contributed by atoms with van der Waals surface area (Å²) in [5.41, 5.74) is 6.69. The van der Waals surface area contributed by atoms with Gasteiger partial charge in [0.25, 0.3) is 5.91 Å². The second-order valence-electron chi connectivity index (χ2n) is 4.96. The molecule has 0 unspecified atom stereocenters. The van der Waals surface area contributed by atoms with Crippen molar-refractivity contribution in [2.75, 3.05) is 17.6 Å². The van der Waals surface area contributed by atoms with Gasteiger partial charge in [-0.3, -0.25) is 9.59 Å². The fourth-order valence-electron chi connectivity index (χ4n) is 1.75. The Morgan fingerprint density at radius 3 is 2.54 bits per heavy atom. The van der Waals surface area contributed by atoms with Crippen molar-refractivity contribution in [1.29, 1.82) is 0 Å². The minimum Gasteiger partial charge on any atom is -0.348 e. The van der Waals surface area contributed by atoms with E-state index in [4.69, 9.17) is 5.73 Å². The highest BCUT2D eigenvalue weighted by Gasteiger charge is 2.09. The normalized spacial score (nSPS) is 11.2. The van der Waals surface area contributed by atoms with Crippen molar-refractivity contribution in [3.63, 3.8) is 0 Å². The van der Waals surface area contributed by atoms with Gasteiger partial charge in [-0.15, -0.1) is 35.5 Å². The van der Waals surface area contributed by atoms with Crippen molar-refractivity contribution in [2.45, 2.75) is 17.2 Å². The minimum absolute atomic E-state index is 0. The van der Waals surface area contributed by atoms with E-state index in [1.165, 1.54) is 11.8 Å². The number of hydrogen-bond acceptors (Lipinski definition) is 5. The quantitative estimate of drug-likeness (QED) is 0.640. The Kier molecular flexibility index (Phi) is 8.84. The van der Waals surface area contributed by atoms with Crippen LogP contribution in [0.5, 0.6) is 0 Å². The molecule has 1 aromatic carbocycles. The third-order valence-corrected chi connectivity index (χ3v) is 5.13. The number of carbonyl (C=O) groups is 2. The zero-order valence-electron chi connectivity index (χ0n) is 13.2. The maximum atomic E-state index is 11.9. The molecule has 1 heterocycles. The molecular weight excluding hydrogens is 366 g/mol. The van der Waals surface area contributed by atoms with E-state index in [1.54, 1.807) is 35.6 Å². The summed E-state index contributed by atoms with van der Waals surface area (Å²) in [5, 5.41) is 7.59. The summed E-state index contributed by atoms with van der Waals surface area (Å²) in [5.74, 6) is 0.114. The average molecular weight is 386 g/mol. The molecule has 24 heavy (non-hydrogen) atoms. The summed E-state index contributed by atoms with van der Waals surface area (Å²) < 4.78 is 1.11. The van der Waals surface area contributed by atoms with Crippen LogP contribution in [0.1, 0.15) is 17.3 Å².